The van der Waals surface area contributed by atoms with Crippen LogP contribution >= 0.6 is 0 Å². The molecule has 1 fully saturated rings. The second kappa shape index (κ2) is 10.2. The van der Waals surface area contributed by atoms with Crippen LogP contribution in [0, 0.1) is 5.82 Å². The number of aromatic nitrogens is 2. The molecule has 0 aliphatic carbocycles. The number of amides is 2. The number of hydrogen-bond donors (Lipinski definition) is 3. The van der Waals surface area contributed by atoms with E-state index >= 15 is 0 Å². The van der Waals surface area contributed by atoms with Crippen LogP contribution in [0.25, 0.3) is 0 Å². The minimum absolute atomic E-state index is 0.00649. The fraction of sp³-hybridized carbons (Fsp3) is 0.250. The van der Waals surface area contributed by atoms with E-state index in [2.05, 4.69) is 25.5 Å². The summed E-state index contributed by atoms with van der Waals surface area (Å²) >= 11 is 0. The molecule has 1 aliphatic heterocycles. The lowest BCUT2D eigenvalue weighted by Crippen LogP contribution is -2.42. The average Bonchev–Trinajstić information content (AvgIpc) is 3.27. The molecule has 0 radical (unpaired) electrons. The van der Waals surface area contributed by atoms with Crippen molar-refractivity contribution in [2.75, 3.05) is 31.5 Å². The first-order chi connectivity index (χ1) is 16.0. The van der Waals surface area contributed by atoms with Gasteiger partial charge in [-0.3, -0.25) is 14.4 Å². The highest BCUT2D eigenvalue weighted by molar-refractivity contribution is 6.10. The average molecular weight is 449 g/mol. The number of likely N-dealkylation sites (tertiary alicyclic amines) is 1. The van der Waals surface area contributed by atoms with Crippen molar-refractivity contribution in [1.82, 2.24) is 20.2 Å². The van der Waals surface area contributed by atoms with E-state index in [1.165, 1.54) is 37.0 Å². The van der Waals surface area contributed by atoms with E-state index in [4.69, 9.17) is 0 Å². The maximum Gasteiger partial charge on any atom is 0.276 e. The molecule has 3 N–H and O–H groups in total. The summed E-state index contributed by atoms with van der Waals surface area (Å²) in [6.45, 7) is 3.37. The molecule has 1 saturated heterocycles. The van der Waals surface area contributed by atoms with Gasteiger partial charge in [-0.15, -0.1) is 0 Å². The minimum atomic E-state index is -0.515. The quantitative estimate of drug-likeness (QED) is 0.436. The first-order valence-electron chi connectivity index (χ1n) is 10.7. The van der Waals surface area contributed by atoms with Crippen LogP contribution in [0.4, 0.5) is 10.1 Å². The molecule has 9 heteroatoms. The van der Waals surface area contributed by atoms with Crippen molar-refractivity contribution < 1.29 is 18.8 Å². The number of nitrogens with one attached hydrogen (secondary N) is 3. The summed E-state index contributed by atoms with van der Waals surface area (Å²) in [6.07, 6.45) is 2.65. The first kappa shape index (κ1) is 22.3. The van der Waals surface area contributed by atoms with E-state index in [-0.39, 0.29) is 29.5 Å². The smallest absolute Gasteiger partial charge is 0.276 e. The number of halogens is 1. The Morgan fingerprint density at radius 1 is 1.00 bits per heavy atom. The topological polar surface area (TPSA) is 107 Å². The zero-order valence-electron chi connectivity index (χ0n) is 17.9. The summed E-state index contributed by atoms with van der Waals surface area (Å²) in [4.78, 5) is 46.4. The number of aromatic amines is 1. The molecular weight excluding hydrogens is 425 g/mol. The molecule has 1 aliphatic rings. The van der Waals surface area contributed by atoms with Gasteiger partial charge in [-0.2, -0.15) is 0 Å². The van der Waals surface area contributed by atoms with Crippen LogP contribution in [0.5, 0.6) is 0 Å². The molecule has 0 atom stereocenters. The van der Waals surface area contributed by atoms with Gasteiger partial charge in [-0.1, -0.05) is 12.1 Å². The Morgan fingerprint density at radius 3 is 2.39 bits per heavy atom. The van der Waals surface area contributed by atoms with Gasteiger partial charge in [0.25, 0.3) is 11.8 Å². The molecular formula is C24H24FN5O3. The SMILES string of the molecule is O=C(Cc1ccc(NC(=O)c2nc[nH]c2C(=O)NCCN2CCC2)cc1)c1ccc(F)cc1. The van der Waals surface area contributed by atoms with Gasteiger partial charge in [0.1, 0.15) is 11.5 Å². The van der Waals surface area contributed by atoms with Crippen LogP contribution in [0.1, 0.15) is 43.3 Å². The van der Waals surface area contributed by atoms with Crippen molar-refractivity contribution >= 4 is 23.3 Å². The zero-order chi connectivity index (χ0) is 23.2. The van der Waals surface area contributed by atoms with Crippen molar-refractivity contribution in [3.05, 3.63) is 83.2 Å². The van der Waals surface area contributed by atoms with Gasteiger partial charge in [0.15, 0.2) is 11.5 Å². The summed E-state index contributed by atoms with van der Waals surface area (Å²) in [5.41, 5.74) is 1.81. The predicted octanol–water partition coefficient (Wildman–Crippen LogP) is 2.66. The third kappa shape index (κ3) is 5.69. The number of imidazole rings is 1. The molecule has 0 unspecified atom stereocenters. The number of anilines is 1. The lowest BCUT2D eigenvalue weighted by molar-refractivity contribution is 0.0924. The van der Waals surface area contributed by atoms with Crippen LogP contribution in [0.2, 0.25) is 0 Å². The van der Waals surface area contributed by atoms with E-state index in [0.29, 0.717) is 17.8 Å². The third-order valence-electron chi connectivity index (χ3n) is 5.49. The Balaban J connectivity index is 1.32. The van der Waals surface area contributed by atoms with Gasteiger partial charge in [0.05, 0.1) is 6.33 Å². The lowest BCUT2D eigenvalue weighted by atomic mass is 10.0. The number of hydrogen-bond acceptors (Lipinski definition) is 5. The Hall–Kier alpha value is -3.85. The fourth-order valence-corrected chi connectivity index (χ4v) is 3.48. The van der Waals surface area contributed by atoms with Crippen LogP contribution in [-0.2, 0) is 6.42 Å². The van der Waals surface area contributed by atoms with Crippen molar-refractivity contribution in [3.8, 4) is 0 Å². The summed E-state index contributed by atoms with van der Waals surface area (Å²) in [5, 5.41) is 5.52. The van der Waals surface area contributed by atoms with E-state index in [1.807, 2.05) is 0 Å². The lowest BCUT2D eigenvalue weighted by Gasteiger charge is -2.30. The number of H-pyrrole nitrogens is 1. The number of carbonyl (C=O) groups is 3. The predicted molar refractivity (Wildman–Crippen MR) is 121 cm³/mol. The molecule has 3 aromatic rings. The van der Waals surface area contributed by atoms with Crippen LogP contribution in [0.15, 0.2) is 54.9 Å². The molecule has 33 heavy (non-hydrogen) atoms. The third-order valence-corrected chi connectivity index (χ3v) is 5.49. The molecule has 0 saturated carbocycles. The zero-order valence-corrected chi connectivity index (χ0v) is 17.9. The maximum atomic E-state index is 13.0. The number of carbonyl (C=O) groups excluding carboxylic acids is 3. The second-order valence-electron chi connectivity index (χ2n) is 7.84. The first-order valence-corrected chi connectivity index (χ1v) is 10.7. The molecule has 1 aromatic heterocycles. The van der Waals surface area contributed by atoms with Crippen molar-refractivity contribution in [2.24, 2.45) is 0 Å². The highest BCUT2D eigenvalue weighted by Gasteiger charge is 2.21. The Kier molecular flexibility index (Phi) is 6.89. The molecule has 2 amide bonds. The summed E-state index contributed by atoms with van der Waals surface area (Å²) < 4.78 is 13.0. The molecule has 2 heterocycles. The summed E-state index contributed by atoms with van der Waals surface area (Å²) in [5.74, 6) is -1.42. The highest BCUT2D eigenvalue weighted by Crippen LogP contribution is 2.15. The van der Waals surface area contributed by atoms with E-state index in [1.54, 1.807) is 24.3 Å². The number of ketones is 1. The number of Topliss-reactive ketones (excluding diaryl/α,β-unsaturated/α-hetero) is 1. The van der Waals surface area contributed by atoms with E-state index < -0.39 is 11.7 Å². The molecule has 0 spiro atoms. The Bertz CT molecular complexity index is 1140. The number of nitrogens with zero attached hydrogens (tertiary/aromatic N) is 2. The molecule has 2 aromatic carbocycles. The van der Waals surface area contributed by atoms with Gasteiger partial charge in [-0.05, 0) is 61.5 Å². The van der Waals surface area contributed by atoms with Crippen LogP contribution in [0.3, 0.4) is 0 Å². The van der Waals surface area contributed by atoms with Gasteiger partial charge in [-0.25, -0.2) is 9.37 Å². The van der Waals surface area contributed by atoms with Gasteiger partial charge in [0.2, 0.25) is 0 Å². The van der Waals surface area contributed by atoms with E-state index in [9.17, 15) is 18.8 Å². The number of benzene rings is 2. The van der Waals surface area contributed by atoms with Gasteiger partial charge < -0.3 is 20.5 Å². The highest BCUT2D eigenvalue weighted by atomic mass is 19.1. The molecule has 170 valence electrons. The molecule has 4 rings (SSSR count). The van der Waals surface area contributed by atoms with Crippen LogP contribution in [-0.4, -0.2) is 58.6 Å². The maximum absolute atomic E-state index is 13.0. The van der Waals surface area contributed by atoms with E-state index in [0.717, 1.165) is 25.2 Å². The Labute approximate surface area is 190 Å². The largest absolute Gasteiger partial charge is 0.349 e. The molecule has 8 nitrogen and oxygen atoms in total. The van der Waals surface area contributed by atoms with Crippen molar-refractivity contribution in [1.29, 1.82) is 0 Å². The summed E-state index contributed by atoms with van der Waals surface area (Å²) in [7, 11) is 0. The Morgan fingerprint density at radius 2 is 1.73 bits per heavy atom. The van der Waals surface area contributed by atoms with Crippen molar-refractivity contribution in [3.63, 3.8) is 0 Å². The van der Waals surface area contributed by atoms with Gasteiger partial charge >= 0.3 is 0 Å². The van der Waals surface area contributed by atoms with Crippen molar-refractivity contribution in [2.45, 2.75) is 12.8 Å². The monoisotopic (exact) mass is 449 g/mol. The minimum Gasteiger partial charge on any atom is -0.349 e. The second-order valence-corrected chi connectivity index (χ2v) is 7.84. The number of rotatable bonds is 9. The standard InChI is InChI=1S/C24H24FN5O3/c25-18-6-4-17(5-7-18)20(31)14-16-2-8-19(9-3-16)29-24(33)22-21(27-15-28-22)23(32)26-10-13-30-11-1-12-30/h2-9,15H,1,10-14H2,(H,26,32)(H,27,28)(H,29,33). The summed E-state index contributed by atoms with van der Waals surface area (Å²) in [6, 6.07) is 12.2. The van der Waals surface area contributed by atoms with Gasteiger partial charge in [0, 0.05) is 30.8 Å². The van der Waals surface area contributed by atoms with Crippen LogP contribution < -0.4 is 10.6 Å². The molecule has 0 bridgehead atoms. The normalized spacial score (nSPS) is 13.2. The fourth-order valence-electron chi connectivity index (χ4n) is 3.48.